The van der Waals surface area contributed by atoms with Gasteiger partial charge >= 0.3 is 0 Å². The van der Waals surface area contributed by atoms with Crippen LogP contribution in [0.15, 0.2) is 60.8 Å². The number of rotatable bonds is 5. The molecule has 2 aromatic heterocycles. The third-order valence-corrected chi connectivity index (χ3v) is 5.31. The lowest BCUT2D eigenvalue weighted by molar-refractivity contribution is 0.308. The lowest BCUT2D eigenvalue weighted by Crippen LogP contribution is -2.05. The third-order valence-electron chi connectivity index (χ3n) is 5.05. The fourth-order valence-electron chi connectivity index (χ4n) is 3.37. The van der Waals surface area contributed by atoms with E-state index in [2.05, 4.69) is 9.55 Å². The molecule has 0 aliphatic rings. The second-order valence-corrected chi connectivity index (χ2v) is 7.25. The average Bonchev–Trinajstić information content (AvgIpc) is 2.95. The van der Waals surface area contributed by atoms with E-state index in [4.69, 9.17) is 16.3 Å². The highest BCUT2D eigenvalue weighted by Crippen LogP contribution is 2.32. The number of aromatic nitrogens is 2. The quantitative estimate of drug-likeness (QED) is 0.410. The molecule has 0 atom stereocenters. The molecule has 2 aromatic carbocycles. The monoisotopic (exact) mass is 394 g/mol. The first kappa shape index (κ1) is 18.5. The highest BCUT2D eigenvalue weighted by Gasteiger charge is 2.17. The van der Waals surface area contributed by atoms with Crippen molar-refractivity contribution in [3.63, 3.8) is 0 Å². The van der Waals surface area contributed by atoms with Gasteiger partial charge in [0.05, 0.1) is 12.1 Å². The second-order valence-electron chi connectivity index (χ2n) is 6.81. The summed E-state index contributed by atoms with van der Waals surface area (Å²) >= 11 is 5.95. The highest BCUT2D eigenvalue weighted by molar-refractivity contribution is 6.30. The van der Waals surface area contributed by atoms with E-state index in [1.807, 2.05) is 50.2 Å². The first-order valence-corrected chi connectivity index (χ1v) is 9.47. The summed E-state index contributed by atoms with van der Waals surface area (Å²) in [7, 11) is 0. The number of nitrogens with zero attached hydrogens (tertiary/aromatic N) is 2. The van der Waals surface area contributed by atoms with E-state index in [9.17, 15) is 4.39 Å². The van der Waals surface area contributed by atoms with Crippen LogP contribution in [0.3, 0.4) is 0 Å². The Kier molecular flexibility index (Phi) is 5.05. The number of ether oxygens (including phenoxy) is 1. The minimum Gasteiger partial charge on any atom is -0.487 e. The van der Waals surface area contributed by atoms with Crippen LogP contribution in [-0.2, 0) is 13.2 Å². The zero-order valence-corrected chi connectivity index (χ0v) is 16.5. The van der Waals surface area contributed by atoms with E-state index in [0.29, 0.717) is 23.7 Å². The van der Waals surface area contributed by atoms with Gasteiger partial charge in [0, 0.05) is 28.5 Å². The zero-order valence-electron chi connectivity index (χ0n) is 15.7. The molecule has 0 unspecified atom stereocenters. The first-order valence-electron chi connectivity index (χ1n) is 9.09. The molecule has 0 aliphatic heterocycles. The number of aryl methyl sites for hydroxylation is 1. The van der Waals surface area contributed by atoms with Gasteiger partial charge in [-0.2, -0.15) is 0 Å². The molecule has 142 valence electrons. The van der Waals surface area contributed by atoms with Crippen molar-refractivity contribution in [1.29, 1.82) is 0 Å². The predicted molar refractivity (Wildman–Crippen MR) is 110 cm³/mol. The van der Waals surface area contributed by atoms with E-state index in [0.717, 1.165) is 33.6 Å². The molecule has 0 spiro atoms. The normalized spacial score (nSPS) is 11.1. The fraction of sp³-hybridized carbons (Fsp3) is 0.174. The Labute approximate surface area is 168 Å². The van der Waals surface area contributed by atoms with Crippen molar-refractivity contribution in [2.45, 2.75) is 27.0 Å². The number of hydrogen-bond donors (Lipinski definition) is 0. The molecule has 2 heterocycles. The minimum atomic E-state index is -0.214. The van der Waals surface area contributed by atoms with Crippen LogP contribution in [0.4, 0.5) is 4.39 Å². The van der Waals surface area contributed by atoms with Gasteiger partial charge < -0.3 is 9.30 Å². The van der Waals surface area contributed by atoms with Gasteiger partial charge in [0.1, 0.15) is 23.7 Å². The second kappa shape index (κ2) is 7.64. The SMILES string of the molecule is Cc1c(C)n(Cc2ccccc2F)c2c(OCc3ccc(Cl)cc3)ccnc12. The molecule has 4 aromatic rings. The maximum Gasteiger partial charge on any atom is 0.147 e. The average molecular weight is 395 g/mol. The Balaban J connectivity index is 1.74. The van der Waals surface area contributed by atoms with Crippen molar-refractivity contribution in [3.8, 4) is 5.75 Å². The summed E-state index contributed by atoms with van der Waals surface area (Å²) in [6.07, 6.45) is 1.75. The van der Waals surface area contributed by atoms with E-state index in [1.54, 1.807) is 18.3 Å². The predicted octanol–water partition coefficient (Wildman–Crippen LogP) is 6.07. The summed E-state index contributed by atoms with van der Waals surface area (Å²) in [5.41, 5.74) is 5.54. The molecule has 0 saturated heterocycles. The Morgan fingerprint density at radius 1 is 1.04 bits per heavy atom. The van der Waals surface area contributed by atoms with Gasteiger partial charge in [0.25, 0.3) is 0 Å². The largest absolute Gasteiger partial charge is 0.487 e. The lowest BCUT2D eigenvalue weighted by atomic mass is 10.2. The molecule has 0 fully saturated rings. The number of halogens is 2. The molecule has 0 bridgehead atoms. The summed E-state index contributed by atoms with van der Waals surface area (Å²) in [5.74, 6) is 0.515. The maximum absolute atomic E-state index is 14.2. The van der Waals surface area contributed by atoms with Crippen LogP contribution in [0.2, 0.25) is 5.02 Å². The number of pyridine rings is 1. The van der Waals surface area contributed by atoms with Crippen molar-refractivity contribution < 1.29 is 9.13 Å². The number of fused-ring (bicyclic) bond motifs is 1. The molecule has 0 radical (unpaired) electrons. The number of benzene rings is 2. The molecule has 0 N–H and O–H groups in total. The Morgan fingerprint density at radius 2 is 1.79 bits per heavy atom. The van der Waals surface area contributed by atoms with Crippen LogP contribution in [0.5, 0.6) is 5.75 Å². The van der Waals surface area contributed by atoms with Gasteiger partial charge in [0.15, 0.2) is 0 Å². The molecular weight excluding hydrogens is 375 g/mol. The maximum atomic E-state index is 14.2. The van der Waals surface area contributed by atoms with E-state index >= 15 is 0 Å². The zero-order chi connectivity index (χ0) is 19.7. The van der Waals surface area contributed by atoms with Crippen molar-refractivity contribution in [2.75, 3.05) is 0 Å². The summed E-state index contributed by atoms with van der Waals surface area (Å²) in [5, 5.41) is 0.695. The van der Waals surface area contributed by atoms with Gasteiger partial charge in [-0.25, -0.2) is 4.39 Å². The lowest BCUT2D eigenvalue weighted by Gasteiger charge is -2.13. The minimum absolute atomic E-state index is 0.214. The topological polar surface area (TPSA) is 27.1 Å². The van der Waals surface area contributed by atoms with Gasteiger partial charge in [0.2, 0.25) is 0 Å². The van der Waals surface area contributed by atoms with Crippen LogP contribution in [0.1, 0.15) is 22.4 Å². The number of hydrogen-bond acceptors (Lipinski definition) is 2. The smallest absolute Gasteiger partial charge is 0.147 e. The molecule has 0 amide bonds. The van der Waals surface area contributed by atoms with E-state index in [-0.39, 0.29) is 5.82 Å². The standard InChI is InChI=1S/C23H20ClFN2O/c1-15-16(2)27(13-18-5-3-4-6-20(18)25)23-21(11-12-26-22(15)23)28-14-17-7-9-19(24)10-8-17/h3-12H,13-14H2,1-2H3. The molecule has 3 nitrogen and oxygen atoms in total. The van der Waals surface area contributed by atoms with Gasteiger partial charge in [-0.1, -0.05) is 41.9 Å². The van der Waals surface area contributed by atoms with Crippen LogP contribution in [-0.4, -0.2) is 9.55 Å². The Morgan fingerprint density at radius 3 is 2.54 bits per heavy atom. The first-order chi connectivity index (χ1) is 13.5. The van der Waals surface area contributed by atoms with Crippen molar-refractivity contribution in [3.05, 3.63) is 94.0 Å². The molecule has 5 heteroatoms. The van der Waals surface area contributed by atoms with Crippen LogP contribution in [0.25, 0.3) is 11.0 Å². The van der Waals surface area contributed by atoms with E-state index < -0.39 is 0 Å². The Bertz CT molecular complexity index is 1140. The van der Waals surface area contributed by atoms with Gasteiger partial charge in [-0.3, -0.25) is 4.98 Å². The van der Waals surface area contributed by atoms with Crippen LogP contribution in [0, 0.1) is 19.7 Å². The summed E-state index contributed by atoms with van der Waals surface area (Å²) in [6, 6.07) is 16.3. The summed E-state index contributed by atoms with van der Waals surface area (Å²) in [6.45, 7) is 4.90. The van der Waals surface area contributed by atoms with E-state index in [1.165, 1.54) is 6.07 Å². The highest BCUT2D eigenvalue weighted by atomic mass is 35.5. The van der Waals surface area contributed by atoms with Gasteiger partial charge in [-0.05, 0) is 43.2 Å². The van der Waals surface area contributed by atoms with Crippen molar-refractivity contribution >= 4 is 22.6 Å². The van der Waals surface area contributed by atoms with Crippen molar-refractivity contribution in [1.82, 2.24) is 9.55 Å². The van der Waals surface area contributed by atoms with Crippen LogP contribution >= 0.6 is 11.6 Å². The molecule has 0 aliphatic carbocycles. The van der Waals surface area contributed by atoms with Crippen LogP contribution < -0.4 is 4.74 Å². The van der Waals surface area contributed by atoms with Crippen molar-refractivity contribution in [2.24, 2.45) is 0 Å². The molecule has 0 saturated carbocycles. The molecule has 4 rings (SSSR count). The molecular formula is C23H20ClFN2O. The molecule has 28 heavy (non-hydrogen) atoms. The third kappa shape index (κ3) is 3.48. The summed E-state index contributed by atoms with van der Waals surface area (Å²) in [4.78, 5) is 4.54. The fourth-order valence-corrected chi connectivity index (χ4v) is 3.49. The van der Waals surface area contributed by atoms with Gasteiger partial charge in [-0.15, -0.1) is 0 Å². The summed E-state index contributed by atoms with van der Waals surface area (Å²) < 4.78 is 22.4. The Hall–Kier alpha value is -2.85.